The predicted molar refractivity (Wildman–Crippen MR) is 133 cm³/mol. The number of carbonyl (C=O) groups excluding carboxylic acids is 3. The lowest BCUT2D eigenvalue weighted by Gasteiger charge is -2.34. The zero-order valence-electron chi connectivity index (χ0n) is 19.0. The van der Waals surface area contributed by atoms with Gasteiger partial charge in [-0.3, -0.25) is 14.9 Å². The third-order valence-corrected chi connectivity index (χ3v) is 6.26. The highest BCUT2D eigenvalue weighted by Gasteiger charge is 2.26. The van der Waals surface area contributed by atoms with Crippen molar-refractivity contribution in [2.75, 3.05) is 36.4 Å². The number of ether oxygens (including phenoxy) is 1. The van der Waals surface area contributed by atoms with Gasteiger partial charge < -0.3 is 24.3 Å². The van der Waals surface area contributed by atoms with Crippen LogP contribution < -0.4 is 20.3 Å². The van der Waals surface area contributed by atoms with E-state index in [9.17, 15) is 14.4 Å². The topological polar surface area (TPSA) is 130 Å². The number of thioether (sulfide) groups is 1. The Bertz CT molecular complexity index is 1290. The minimum Gasteiger partial charge on any atom is -0.469 e. The smallest absolute Gasteiger partial charge is 0.321 e. The molecule has 2 N–H and O–H groups in total. The molecule has 0 atom stereocenters. The summed E-state index contributed by atoms with van der Waals surface area (Å²) < 4.78 is 11.1. The average molecular weight is 507 g/mol. The zero-order chi connectivity index (χ0) is 24.9. The van der Waals surface area contributed by atoms with Crippen molar-refractivity contribution in [2.45, 2.75) is 6.61 Å². The summed E-state index contributed by atoms with van der Waals surface area (Å²) >= 11 is 0.812. The lowest BCUT2D eigenvalue weighted by molar-refractivity contribution is -0.115. The van der Waals surface area contributed by atoms with E-state index in [-0.39, 0.29) is 17.5 Å². The molecule has 2 saturated heterocycles. The standard InChI is InChI=1S/C24H22N6O5S/c31-21-19(36-24(33)28-21)13-17-14-20(35-15-18-7-4-12-34-18)27-22(25-17)29-8-10-30(11-9-29)23(32)26-16-5-2-1-3-6-16/h1-7,12-14H,8-11,15H2,(H,26,32)(H,28,31,33)/b19-13+. The van der Waals surface area contributed by atoms with Crippen molar-refractivity contribution in [1.29, 1.82) is 0 Å². The van der Waals surface area contributed by atoms with Gasteiger partial charge in [-0.05, 0) is 42.1 Å². The van der Waals surface area contributed by atoms with Gasteiger partial charge in [0.15, 0.2) is 0 Å². The Morgan fingerprint density at radius 3 is 2.61 bits per heavy atom. The van der Waals surface area contributed by atoms with Gasteiger partial charge in [0.1, 0.15) is 12.4 Å². The maximum absolute atomic E-state index is 12.6. The molecule has 0 saturated carbocycles. The molecule has 4 heterocycles. The summed E-state index contributed by atoms with van der Waals surface area (Å²) in [5.41, 5.74) is 1.16. The maximum atomic E-state index is 12.6. The van der Waals surface area contributed by atoms with Crippen LogP contribution in [0.25, 0.3) is 6.08 Å². The van der Waals surface area contributed by atoms with Crippen LogP contribution in [0, 0.1) is 0 Å². The summed E-state index contributed by atoms with van der Waals surface area (Å²) in [6.07, 6.45) is 3.08. The average Bonchev–Trinajstić information content (AvgIpc) is 3.52. The molecule has 2 aliphatic rings. The van der Waals surface area contributed by atoms with Gasteiger partial charge in [-0.2, -0.15) is 4.98 Å². The molecular formula is C24H22N6O5S. The number of piperazine rings is 1. The van der Waals surface area contributed by atoms with Crippen LogP contribution in [0.15, 0.2) is 64.1 Å². The van der Waals surface area contributed by atoms with Gasteiger partial charge in [0.05, 0.1) is 16.9 Å². The summed E-state index contributed by atoms with van der Waals surface area (Å²) in [6, 6.07) is 14.3. The molecule has 5 rings (SSSR count). The number of benzene rings is 1. The van der Waals surface area contributed by atoms with Crippen molar-refractivity contribution in [2.24, 2.45) is 0 Å². The van der Waals surface area contributed by atoms with Crippen LogP contribution in [0.2, 0.25) is 0 Å². The van der Waals surface area contributed by atoms with Crippen molar-refractivity contribution in [3.05, 3.63) is 71.2 Å². The van der Waals surface area contributed by atoms with E-state index in [0.717, 1.165) is 17.4 Å². The van der Waals surface area contributed by atoms with E-state index in [0.29, 0.717) is 49.5 Å². The summed E-state index contributed by atoms with van der Waals surface area (Å²) in [4.78, 5) is 49.2. The molecule has 1 aromatic carbocycles. The number of anilines is 2. The molecule has 0 radical (unpaired) electrons. The molecular weight excluding hydrogens is 484 g/mol. The number of nitrogens with one attached hydrogen (secondary N) is 2. The quantitative estimate of drug-likeness (QED) is 0.484. The third kappa shape index (κ3) is 5.66. The van der Waals surface area contributed by atoms with Gasteiger partial charge in [0.25, 0.3) is 11.1 Å². The van der Waals surface area contributed by atoms with Crippen molar-refractivity contribution in [3.63, 3.8) is 0 Å². The van der Waals surface area contributed by atoms with Crippen LogP contribution in [0.4, 0.5) is 21.2 Å². The molecule has 2 fully saturated rings. The van der Waals surface area contributed by atoms with Crippen LogP contribution in [0.3, 0.4) is 0 Å². The molecule has 3 aromatic rings. The highest BCUT2D eigenvalue weighted by atomic mass is 32.2. The lowest BCUT2D eigenvalue weighted by Crippen LogP contribution is -2.50. The van der Waals surface area contributed by atoms with E-state index in [1.165, 1.54) is 6.08 Å². The second kappa shape index (κ2) is 10.5. The Morgan fingerprint density at radius 2 is 1.92 bits per heavy atom. The van der Waals surface area contributed by atoms with Gasteiger partial charge in [-0.15, -0.1) is 0 Å². The molecule has 36 heavy (non-hydrogen) atoms. The van der Waals surface area contributed by atoms with Crippen molar-refractivity contribution in [3.8, 4) is 5.88 Å². The normalized spacial score (nSPS) is 16.8. The molecule has 184 valence electrons. The van der Waals surface area contributed by atoms with Crippen LogP contribution in [-0.4, -0.2) is 58.2 Å². The first-order chi connectivity index (χ1) is 17.5. The van der Waals surface area contributed by atoms with Gasteiger partial charge in [0.2, 0.25) is 11.8 Å². The number of urea groups is 1. The minimum atomic E-state index is -0.471. The van der Waals surface area contributed by atoms with Crippen LogP contribution in [0.5, 0.6) is 5.88 Å². The monoisotopic (exact) mass is 506 g/mol. The van der Waals surface area contributed by atoms with Crippen molar-refractivity contribution >= 4 is 46.7 Å². The van der Waals surface area contributed by atoms with Crippen molar-refractivity contribution in [1.82, 2.24) is 20.2 Å². The number of carbonyl (C=O) groups is 3. The van der Waals surface area contributed by atoms with Gasteiger partial charge in [0, 0.05) is 37.9 Å². The fourth-order valence-corrected chi connectivity index (χ4v) is 4.31. The van der Waals surface area contributed by atoms with E-state index < -0.39 is 11.1 Å². The fourth-order valence-electron chi connectivity index (χ4n) is 3.65. The number of aromatic nitrogens is 2. The Kier molecular flexibility index (Phi) is 6.85. The maximum Gasteiger partial charge on any atom is 0.321 e. The SMILES string of the molecule is O=C1NC(=O)/C(=C\c2cc(OCc3ccco3)nc(N3CCN(C(=O)Nc4ccccc4)CC3)n2)S1. The van der Waals surface area contributed by atoms with E-state index in [2.05, 4.69) is 20.6 Å². The van der Waals surface area contributed by atoms with E-state index >= 15 is 0 Å². The number of hydrogen-bond donors (Lipinski definition) is 2. The molecule has 0 bridgehead atoms. The lowest BCUT2D eigenvalue weighted by atomic mass is 10.3. The molecule has 0 aliphatic carbocycles. The van der Waals surface area contributed by atoms with Gasteiger partial charge in [-0.25, -0.2) is 9.78 Å². The van der Waals surface area contributed by atoms with Crippen LogP contribution in [0.1, 0.15) is 11.5 Å². The fraction of sp³-hybridized carbons (Fsp3) is 0.208. The Labute approximate surface area is 210 Å². The van der Waals surface area contributed by atoms with E-state index in [1.807, 2.05) is 35.2 Å². The van der Waals surface area contributed by atoms with Gasteiger partial charge in [-0.1, -0.05) is 18.2 Å². The summed E-state index contributed by atoms with van der Waals surface area (Å²) in [5, 5.41) is 4.70. The summed E-state index contributed by atoms with van der Waals surface area (Å²) in [6.45, 7) is 2.13. The Hall–Kier alpha value is -4.32. The van der Waals surface area contributed by atoms with Gasteiger partial charge >= 0.3 is 6.03 Å². The highest BCUT2D eigenvalue weighted by molar-refractivity contribution is 8.18. The van der Waals surface area contributed by atoms with E-state index in [4.69, 9.17) is 9.15 Å². The van der Waals surface area contributed by atoms with Crippen molar-refractivity contribution < 1.29 is 23.5 Å². The van der Waals surface area contributed by atoms with Crippen LogP contribution in [-0.2, 0) is 11.4 Å². The predicted octanol–water partition coefficient (Wildman–Crippen LogP) is 3.33. The number of nitrogens with zero attached hydrogens (tertiary/aromatic N) is 4. The Morgan fingerprint density at radius 1 is 1.11 bits per heavy atom. The zero-order valence-corrected chi connectivity index (χ0v) is 19.9. The molecule has 11 nitrogen and oxygen atoms in total. The first-order valence-electron chi connectivity index (χ1n) is 11.2. The first kappa shape index (κ1) is 23.4. The molecule has 0 spiro atoms. The number of furan rings is 1. The van der Waals surface area contributed by atoms with E-state index in [1.54, 1.807) is 29.4 Å². The molecule has 4 amide bonds. The first-order valence-corrected chi connectivity index (χ1v) is 12.0. The minimum absolute atomic E-state index is 0.167. The summed E-state index contributed by atoms with van der Waals surface area (Å²) in [5.74, 6) is 0.851. The molecule has 2 aliphatic heterocycles. The number of amides is 4. The number of imide groups is 1. The number of rotatable bonds is 6. The second-order valence-corrected chi connectivity index (χ2v) is 8.94. The number of hydrogen-bond acceptors (Lipinski definition) is 9. The number of para-hydroxylation sites is 1. The Balaban J connectivity index is 1.31. The molecule has 0 unspecified atom stereocenters. The third-order valence-electron chi connectivity index (χ3n) is 5.45. The highest BCUT2D eigenvalue weighted by Crippen LogP contribution is 2.27. The molecule has 2 aromatic heterocycles. The second-order valence-electron chi connectivity index (χ2n) is 7.92. The van der Waals surface area contributed by atoms with Crippen LogP contribution >= 0.6 is 11.8 Å². The molecule has 12 heteroatoms. The summed E-state index contributed by atoms with van der Waals surface area (Å²) in [7, 11) is 0. The largest absolute Gasteiger partial charge is 0.469 e.